The summed E-state index contributed by atoms with van der Waals surface area (Å²) in [7, 11) is 0. The number of nitrogens with one attached hydrogen (secondary N) is 1. The number of hydrogen-bond acceptors (Lipinski definition) is 4. The highest BCUT2D eigenvalue weighted by molar-refractivity contribution is 6.04. The lowest BCUT2D eigenvalue weighted by Crippen LogP contribution is -2.58. The summed E-state index contributed by atoms with van der Waals surface area (Å²) in [5, 5.41) is 11.7. The van der Waals surface area contributed by atoms with Crippen LogP contribution in [0.5, 0.6) is 0 Å². The van der Waals surface area contributed by atoms with E-state index in [0.717, 1.165) is 4.90 Å². The van der Waals surface area contributed by atoms with Gasteiger partial charge in [-0.15, -0.1) is 0 Å². The molecule has 0 aliphatic carbocycles. The summed E-state index contributed by atoms with van der Waals surface area (Å²) in [5.74, 6) is -2.05. The molecule has 2 heterocycles. The van der Waals surface area contributed by atoms with Crippen molar-refractivity contribution in [3.63, 3.8) is 0 Å². The van der Waals surface area contributed by atoms with E-state index in [9.17, 15) is 24.3 Å². The molecule has 0 saturated carbocycles. The third kappa shape index (κ3) is 2.84. The maximum Gasteiger partial charge on any atom is 0.326 e. The number of carboxylic acids is 1. The monoisotopic (exact) mass is 297 g/mol. The minimum atomic E-state index is -1.06. The van der Waals surface area contributed by atoms with E-state index in [0.29, 0.717) is 19.4 Å². The third-order valence-corrected chi connectivity index (χ3v) is 4.06. The molecule has 8 nitrogen and oxygen atoms in total. The van der Waals surface area contributed by atoms with Crippen LogP contribution in [-0.2, 0) is 14.4 Å². The number of amides is 4. The molecule has 2 N–H and O–H groups in total. The van der Waals surface area contributed by atoms with Crippen molar-refractivity contribution < 1.29 is 24.3 Å². The highest BCUT2D eigenvalue weighted by Crippen LogP contribution is 2.35. The van der Waals surface area contributed by atoms with Gasteiger partial charge in [-0.25, -0.2) is 9.59 Å². The summed E-state index contributed by atoms with van der Waals surface area (Å²) in [4.78, 5) is 48.9. The number of imide groups is 1. The van der Waals surface area contributed by atoms with E-state index in [1.165, 1.54) is 4.90 Å². The number of rotatable bonds is 3. The molecule has 0 radical (unpaired) electrons. The second kappa shape index (κ2) is 5.34. The van der Waals surface area contributed by atoms with Crippen molar-refractivity contribution >= 4 is 23.8 Å². The standard InChI is InChI=1S/C13H19N3O5/c1-13(2)4-3-5-15(10(13)11(19)20)9(18)7-16-8(17)6-14-12(16)21/h10H,3-7H2,1-2H3,(H,14,21)(H,19,20). The highest BCUT2D eigenvalue weighted by atomic mass is 16.4. The van der Waals surface area contributed by atoms with Gasteiger partial charge in [-0.3, -0.25) is 14.5 Å². The Hall–Kier alpha value is -2.12. The van der Waals surface area contributed by atoms with E-state index in [4.69, 9.17) is 0 Å². The van der Waals surface area contributed by atoms with Crippen molar-refractivity contribution in [1.82, 2.24) is 15.1 Å². The largest absolute Gasteiger partial charge is 0.480 e. The summed E-state index contributed by atoms with van der Waals surface area (Å²) < 4.78 is 0. The van der Waals surface area contributed by atoms with Crippen LogP contribution in [0.15, 0.2) is 0 Å². The number of nitrogens with zero attached hydrogens (tertiary/aromatic N) is 2. The lowest BCUT2D eigenvalue weighted by atomic mass is 9.76. The van der Waals surface area contributed by atoms with Gasteiger partial charge in [0.2, 0.25) is 5.91 Å². The predicted molar refractivity (Wildman–Crippen MR) is 71.3 cm³/mol. The van der Waals surface area contributed by atoms with Crippen molar-refractivity contribution in [2.24, 2.45) is 5.41 Å². The fourth-order valence-electron chi connectivity index (χ4n) is 2.97. The van der Waals surface area contributed by atoms with Crippen LogP contribution in [0, 0.1) is 5.41 Å². The predicted octanol–water partition coefficient (Wildman–Crippen LogP) is -0.360. The van der Waals surface area contributed by atoms with Gasteiger partial charge in [0.15, 0.2) is 0 Å². The lowest BCUT2D eigenvalue weighted by molar-refractivity contribution is -0.159. The van der Waals surface area contributed by atoms with Gasteiger partial charge in [0.1, 0.15) is 12.6 Å². The molecule has 2 fully saturated rings. The first-order valence-corrected chi connectivity index (χ1v) is 6.84. The molecule has 0 aromatic heterocycles. The van der Waals surface area contributed by atoms with Crippen molar-refractivity contribution in [1.29, 1.82) is 0 Å². The number of urea groups is 1. The van der Waals surface area contributed by atoms with Crippen LogP contribution < -0.4 is 5.32 Å². The zero-order valence-corrected chi connectivity index (χ0v) is 12.1. The van der Waals surface area contributed by atoms with Crippen molar-refractivity contribution in [2.45, 2.75) is 32.7 Å². The Kier molecular flexibility index (Phi) is 3.89. The normalized spacial score (nSPS) is 25.0. The molecule has 1 atom stereocenters. The van der Waals surface area contributed by atoms with Crippen molar-refractivity contribution in [2.75, 3.05) is 19.6 Å². The minimum Gasteiger partial charge on any atom is -0.480 e. The van der Waals surface area contributed by atoms with Crippen molar-refractivity contribution in [3.8, 4) is 0 Å². The average molecular weight is 297 g/mol. The fourth-order valence-corrected chi connectivity index (χ4v) is 2.97. The van der Waals surface area contributed by atoms with Gasteiger partial charge in [-0.1, -0.05) is 13.8 Å². The van der Waals surface area contributed by atoms with Gasteiger partial charge < -0.3 is 15.3 Å². The highest BCUT2D eigenvalue weighted by Gasteiger charge is 2.45. The lowest BCUT2D eigenvalue weighted by Gasteiger charge is -2.44. The van der Waals surface area contributed by atoms with Gasteiger partial charge in [0, 0.05) is 6.54 Å². The van der Waals surface area contributed by atoms with Crippen LogP contribution >= 0.6 is 0 Å². The van der Waals surface area contributed by atoms with Gasteiger partial charge in [0.25, 0.3) is 5.91 Å². The van der Waals surface area contributed by atoms with Gasteiger partial charge in [-0.05, 0) is 18.3 Å². The van der Waals surface area contributed by atoms with Crippen LogP contribution in [0.1, 0.15) is 26.7 Å². The summed E-state index contributed by atoms with van der Waals surface area (Å²) in [6.07, 6.45) is 1.40. The maximum atomic E-state index is 12.3. The first kappa shape index (κ1) is 15.3. The molecule has 2 saturated heterocycles. The Morgan fingerprint density at radius 2 is 2.05 bits per heavy atom. The van der Waals surface area contributed by atoms with Crippen molar-refractivity contribution in [3.05, 3.63) is 0 Å². The number of piperidine rings is 1. The third-order valence-electron chi connectivity index (χ3n) is 4.06. The van der Waals surface area contributed by atoms with Crippen LogP contribution in [0.2, 0.25) is 0 Å². The quantitative estimate of drug-likeness (QED) is 0.692. The van der Waals surface area contributed by atoms with Crippen LogP contribution in [0.25, 0.3) is 0 Å². The Bertz CT molecular complexity index is 486. The number of carbonyl (C=O) groups excluding carboxylic acids is 3. The molecule has 2 aliphatic rings. The summed E-state index contributed by atoms with van der Waals surface area (Å²) in [6.45, 7) is 3.39. The number of carboxylic acid groups (broad SMARTS) is 1. The van der Waals surface area contributed by atoms with E-state index in [2.05, 4.69) is 5.32 Å². The van der Waals surface area contributed by atoms with E-state index in [1.54, 1.807) is 13.8 Å². The zero-order valence-electron chi connectivity index (χ0n) is 12.1. The maximum absolute atomic E-state index is 12.3. The van der Waals surface area contributed by atoms with E-state index >= 15 is 0 Å². The number of aliphatic carboxylic acids is 1. The molecule has 0 spiro atoms. The first-order chi connectivity index (χ1) is 9.74. The molecule has 0 aromatic rings. The molecular formula is C13H19N3O5. The SMILES string of the molecule is CC1(C)CCCN(C(=O)CN2C(=O)CNC2=O)C1C(=O)O. The Balaban J connectivity index is 2.15. The summed E-state index contributed by atoms with van der Waals surface area (Å²) >= 11 is 0. The molecule has 0 bridgehead atoms. The fraction of sp³-hybridized carbons (Fsp3) is 0.692. The number of carbonyl (C=O) groups is 4. The van der Waals surface area contributed by atoms with Gasteiger partial charge in [0.05, 0.1) is 6.54 Å². The molecule has 8 heteroatoms. The molecule has 2 rings (SSSR count). The Morgan fingerprint density at radius 3 is 2.57 bits per heavy atom. The average Bonchev–Trinajstić information content (AvgIpc) is 2.68. The minimum absolute atomic E-state index is 0.125. The molecule has 2 aliphatic heterocycles. The molecule has 4 amide bonds. The molecule has 21 heavy (non-hydrogen) atoms. The Morgan fingerprint density at radius 1 is 1.38 bits per heavy atom. The van der Waals surface area contributed by atoms with Crippen LogP contribution in [0.3, 0.4) is 0 Å². The number of hydrogen-bond donors (Lipinski definition) is 2. The van der Waals surface area contributed by atoms with E-state index in [-0.39, 0.29) is 6.54 Å². The Labute approximate surface area is 122 Å². The van der Waals surface area contributed by atoms with Crippen LogP contribution in [-0.4, -0.2) is 64.4 Å². The van der Waals surface area contributed by atoms with Gasteiger partial charge in [-0.2, -0.15) is 0 Å². The summed E-state index contributed by atoms with van der Waals surface area (Å²) in [6, 6.07) is -1.56. The second-order valence-electron chi connectivity index (χ2n) is 6.06. The zero-order chi connectivity index (χ0) is 15.8. The second-order valence-corrected chi connectivity index (χ2v) is 6.06. The topological polar surface area (TPSA) is 107 Å². The molecule has 1 unspecified atom stereocenters. The smallest absolute Gasteiger partial charge is 0.326 e. The number of likely N-dealkylation sites (tertiary alicyclic amines) is 1. The van der Waals surface area contributed by atoms with Crippen LogP contribution in [0.4, 0.5) is 4.79 Å². The summed E-state index contributed by atoms with van der Waals surface area (Å²) in [5.41, 5.74) is -0.545. The first-order valence-electron chi connectivity index (χ1n) is 6.84. The molecule has 116 valence electrons. The van der Waals surface area contributed by atoms with E-state index < -0.39 is 41.8 Å². The molecular weight excluding hydrogens is 278 g/mol. The molecule has 0 aromatic carbocycles. The van der Waals surface area contributed by atoms with E-state index in [1.807, 2.05) is 0 Å². The van der Waals surface area contributed by atoms with Gasteiger partial charge >= 0.3 is 12.0 Å².